The fraction of sp³-hybridized carbons (Fsp3) is 0.500. The summed E-state index contributed by atoms with van der Waals surface area (Å²) < 4.78 is 1.56. The van der Waals surface area contributed by atoms with E-state index in [2.05, 4.69) is 26.8 Å². The fourth-order valence-corrected chi connectivity index (χ4v) is 2.83. The highest BCUT2D eigenvalue weighted by Gasteiger charge is 2.26. The molecule has 2 aromatic rings. The SMILES string of the molecule is Cc1nc(N2CCC[C@H](C)C2)nc(-n2ccnc2)c1[N+](=O)[O-]. The number of aromatic nitrogens is 4. The van der Waals surface area contributed by atoms with Crippen LogP contribution >= 0.6 is 0 Å². The zero-order valence-electron chi connectivity index (χ0n) is 12.6. The van der Waals surface area contributed by atoms with Gasteiger partial charge in [-0.25, -0.2) is 9.97 Å². The van der Waals surface area contributed by atoms with Gasteiger partial charge in [-0.1, -0.05) is 6.92 Å². The van der Waals surface area contributed by atoms with E-state index in [0.717, 1.165) is 19.5 Å². The zero-order chi connectivity index (χ0) is 15.7. The van der Waals surface area contributed by atoms with Crippen molar-refractivity contribution in [2.24, 2.45) is 5.92 Å². The second kappa shape index (κ2) is 5.70. The van der Waals surface area contributed by atoms with Gasteiger partial charge in [-0.05, 0) is 25.7 Å². The molecule has 0 radical (unpaired) electrons. The quantitative estimate of drug-likeness (QED) is 0.637. The van der Waals surface area contributed by atoms with E-state index in [1.807, 2.05) is 0 Å². The average Bonchev–Trinajstić information content (AvgIpc) is 3.00. The van der Waals surface area contributed by atoms with Crippen molar-refractivity contribution in [3.63, 3.8) is 0 Å². The summed E-state index contributed by atoms with van der Waals surface area (Å²) in [5.74, 6) is 1.39. The van der Waals surface area contributed by atoms with Gasteiger partial charge in [0, 0.05) is 25.5 Å². The summed E-state index contributed by atoms with van der Waals surface area (Å²) in [6, 6.07) is 0. The Labute approximate surface area is 128 Å². The Bertz CT molecular complexity index is 685. The van der Waals surface area contributed by atoms with Gasteiger partial charge in [-0.2, -0.15) is 4.98 Å². The third-order valence-electron chi connectivity index (χ3n) is 3.90. The third-order valence-corrected chi connectivity index (χ3v) is 3.90. The molecule has 8 heteroatoms. The van der Waals surface area contributed by atoms with E-state index in [1.165, 1.54) is 12.7 Å². The van der Waals surface area contributed by atoms with E-state index >= 15 is 0 Å². The van der Waals surface area contributed by atoms with Crippen molar-refractivity contribution in [3.8, 4) is 5.82 Å². The summed E-state index contributed by atoms with van der Waals surface area (Å²) in [6.45, 7) is 5.60. The van der Waals surface area contributed by atoms with Crippen molar-refractivity contribution in [1.29, 1.82) is 0 Å². The Hall–Kier alpha value is -2.51. The van der Waals surface area contributed by atoms with Gasteiger partial charge in [0.15, 0.2) is 0 Å². The summed E-state index contributed by atoms with van der Waals surface area (Å²) >= 11 is 0. The Morgan fingerprint density at radius 2 is 2.23 bits per heavy atom. The van der Waals surface area contributed by atoms with Gasteiger partial charge in [0.05, 0.1) is 4.92 Å². The molecular weight excluding hydrogens is 284 g/mol. The van der Waals surface area contributed by atoms with Gasteiger partial charge in [0.1, 0.15) is 12.0 Å². The lowest BCUT2D eigenvalue weighted by Crippen LogP contribution is -2.35. The molecule has 0 aromatic carbocycles. The molecule has 8 nitrogen and oxygen atoms in total. The molecule has 1 saturated heterocycles. The van der Waals surface area contributed by atoms with Crippen LogP contribution in [0.15, 0.2) is 18.7 Å². The average molecular weight is 302 g/mol. The van der Waals surface area contributed by atoms with E-state index in [-0.39, 0.29) is 11.5 Å². The Morgan fingerprint density at radius 3 is 2.86 bits per heavy atom. The van der Waals surface area contributed by atoms with E-state index in [4.69, 9.17) is 0 Å². The number of piperidine rings is 1. The van der Waals surface area contributed by atoms with Crippen molar-refractivity contribution in [1.82, 2.24) is 19.5 Å². The molecule has 0 spiro atoms. The predicted octanol–water partition coefficient (Wildman–Crippen LogP) is 2.12. The number of imidazole rings is 1. The molecule has 1 aliphatic rings. The Morgan fingerprint density at radius 1 is 1.41 bits per heavy atom. The third kappa shape index (κ3) is 2.63. The van der Waals surface area contributed by atoms with E-state index in [1.54, 1.807) is 23.9 Å². The molecule has 116 valence electrons. The van der Waals surface area contributed by atoms with Crippen LogP contribution in [-0.4, -0.2) is 37.5 Å². The highest BCUT2D eigenvalue weighted by atomic mass is 16.6. The van der Waals surface area contributed by atoms with Crippen molar-refractivity contribution in [2.75, 3.05) is 18.0 Å². The summed E-state index contributed by atoms with van der Waals surface area (Å²) in [4.78, 5) is 25.8. The van der Waals surface area contributed by atoms with Crippen LogP contribution in [0.3, 0.4) is 0 Å². The molecule has 0 bridgehead atoms. The summed E-state index contributed by atoms with van der Waals surface area (Å²) in [5, 5.41) is 11.4. The van der Waals surface area contributed by atoms with Gasteiger partial charge >= 0.3 is 5.69 Å². The van der Waals surface area contributed by atoms with Crippen LogP contribution in [0.2, 0.25) is 0 Å². The number of hydrogen-bond acceptors (Lipinski definition) is 6. The lowest BCUT2D eigenvalue weighted by Gasteiger charge is -2.31. The molecule has 0 N–H and O–H groups in total. The Balaban J connectivity index is 2.08. The van der Waals surface area contributed by atoms with Crippen LogP contribution in [0, 0.1) is 23.0 Å². The summed E-state index contributed by atoms with van der Waals surface area (Å²) in [6.07, 6.45) is 7.01. The second-order valence-corrected chi connectivity index (χ2v) is 5.70. The topological polar surface area (TPSA) is 90.0 Å². The van der Waals surface area contributed by atoms with E-state index < -0.39 is 4.92 Å². The molecule has 0 unspecified atom stereocenters. The van der Waals surface area contributed by atoms with Crippen LogP contribution in [0.1, 0.15) is 25.5 Å². The first kappa shape index (κ1) is 14.4. The van der Waals surface area contributed by atoms with Crippen LogP contribution in [0.5, 0.6) is 0 Å². The second-order valence-electron chi connectivity index (χ2n) is 5.70. The predicted molar refractivity (Wildman–Crippen MR) is 81.2 cm³/mol. The first-order valence-electron chi connectivity index (χ1n) is 7.32. The molecule has 3 heterocycles. The lowest BCUT2D eigenvalue weighted by molar-refractivity contribution is -0.385. The molecule has 22 heavy (non-hydrogen) atoms. The number of anilines is 1. The van der Waals surface area contributed by atoms with Crippen LogP contribution in [-0.2, 0) is 0 Å². The minimum atomic E-state index is -0.437. The van der Waals surface area contributed by atoms with Crippen molar-refractivity contribution in [2.45, 2.75) is 26.7 Å². The van der Waals surface area contributed by atoms with Gasteiger partial charge in [-0.15, -0.1) is 0 Å². The molecule has 0 saturated carbocycles. The maximum Gasteiger partial charge on any atom is 0.333 e. The van der Waals surface area contributed by atoms with Crippen molar-refractivity contribution >= 4 is 11.6 Å². The molecule has 0 aliphatic carbocycles. The maximum absolute atomic E-state index is 11.4. The molecule has 3 rings (SSSR count). The molecule has 1 fully saturated rings. The largest absolute Gasteiger partial charge is 0.340 e. The van der Waals surface area contributed by atoms with Crippen LogP contribution < -0.4 is 4.90 Å². The number of rotatable bonds is 3. The van der Waals surface area contributed by atoms with Crippen molar-refractivity contribution < 1.29 is 4.92 Å². The van der Waals surface area contributed by atoms with Gasteiger partial charge in [-0.3, -0.25) is 14.7 Å². The molecular formula is C14H18N6O2. The molecule has 2 aromatic heterocycles. The standard InChI is InChI=1S/C14H18N6O2/c1-10-4-3-6-18(8-10)14-16-11(2)12(20(21)22)13(17-14)19-7-5-15-9-19/h5,7,9-10H,3-4,6,8H2,1-2H3/t10-/m0/s1. The summed E-state index contributed by atoms with van der Waals surface area (Å²) in [7, 11) is 0. The highest BCUT2D eigenvalue weighted by Crippen LogP contribution is 2.28. The van der Waals surface area contributed by atoms with Crippen LogP contribution in [0.4, 0.5) is 11.6 Å². The van der Waals surface area contributed by atoms with Crippen molar-refractivity contribution in [3.05, 3.63) is 34.5 Å². The fourth-order valence-electron chi connectivity index (χ4n) is 2.83. The Kier molecular flexibility index (Phi) is 3.74. The van der Waals surface area contributed by atoms with Crippen LogP contribution in [0.25, 0.3) is 5.82 Å². The molecule has 1 atom stereocenters. The van der Waals surface area contributed by atoms with E-state index in [9.17, 15) is 10.1 Å². The van der Waals surface area contributed by atoms with E-state index in [0.29, 0.717) is 17.6 Å². The minimum Gasteiger partial charge on any atom is -0.340 e. The first-order valence-corrected chi connectivity index (χ1v) is 7.32. The summed E-state index contributed by atoms with van der Waals surface area (Å²) in [5.41, 5.74) is 0.295. The normalized spacial score (nSPS) is 18.5. The monoisotopic (exact) mass is 302 g/mol. The minimum absolute atomic E-state index is 0.0770. The van der Waals surface area contributed by atoms with Gasteiger partial charge in [0.2, 0.25) is 11.8 Å². The molecule has 1 aliphatic heterocycles. The zero-order valence-corrected chi connectivity index (χ0v) is 12.6. The lowest BCUT2D eigenvalue weighted by atomic mass is 10.0. The maximum atomic E-state index is 11.4. The number of aryl methyl sites for hydroxylation is 1. The number of hydrogen-bond donors (Lipinski definition) is 0. The smallest absolute Gasteiger partial charge is 0.333 e. The number of nitro groups is 1. The number of nitrogens with zero attached hydrogens (tertiary/aromatic N) is 6. The molecule has 0 amide bonds. The first-order chi connectivity index (χ1) is 10.6. The highest BCUT2D eigenvalue weighted by molar-refractivity contribution is 5.54. The van der Waals surface area contributed by atoms with Gasteiger partial charge < -0.3 is 4.90 Å². The van der Waals surface area contributed by atoms with Gasteiger partial charge in [0.25, 0.3) is 0 Å².